The lowest BCUT2D eigenvalue weighted by Crippen LogP contribution is -2.41. The standard InChI is InChI=1S/C17H29N5O/c1-18-17(22-10-7-14(11-22)13-23-2)19-8-6-15-12-21-9-4-3-5-16(21)20-15/h12,14H,3-11,13H2,1-2H3,(H,18,19). The highest BCUT2D eigenvalue weighted by atomic mass is 16.5. The van der Waals surface area contributed by atoms with Gasteiger partial charge < -0.3 is 19.5 Å². The third-order valence-corrected chi connectivity index (χ3v) is 4.82. The Morgan fingerprint density at radius 2 is 2.35 bits per heavy atom. The van der Waals surface area contributed by atoms with E-state index in [-0.39, 0.29) is 0 Å². The van der Waals surface area contributed by atoms with Crippen molar-refractivity contribution in [3.8, 4) is 0 Å². The maximum Gasteiger partial charge on any atom is 0.193 e. The van der Waals surface area contributed by atoms with Gasteiger partial charge in [-0.25, -0.2) is 4.98 Å². The van der Waals surface area contributed by atoms with Crippen LogP contribution >= 0.6 is 0 Å². The fourth-order valence-corrected chi connectivity index (χ4v) is 3.62. The van der Waals surface area contributed by atoms with E-state index in [4.69, 9.17) is 9.72 Å². The van der Waals surface area contributed by atoms with Gasteiger partial charge in [-0.3, -0.25) is 4.99 Å². The molecule has 3 heterocycles. The molecule has 1 aromatic heterocycles. The first-order valence-corrected chi connectivity index (χ1v) is 8.79. The Labute approximate surface area is 138 Å². The van der Waals surface area contributed by atoms with Crippen molar-refractivity contribution in [1.29, 1.82) is 0 Å². The molecule has 1 atom stereocenters. The highest BCUT2D eigenvalue weighted by Gasteiger charge is 2.24. The molecule has 1 N–H and O–H groups in total. The number of nitrogens with one attached hydrogen (secondary N) is 1. The second-order valence-corrected chi connectivity index (χ2v) is 6.58. The Morgan fingerprint density at radius 3 is 3.13 bits per heavy atom. The minimum Gasteiger partial charge on any atom is -0.384 e. The number of fused-ring (bicyclic) bond motifs is 1. The first-order valence-electron chi connectivity index (χ1n) is 8.79. The van der Waals surface area contributed by atoms with Gasteiger partial charge in [0.15, 0.2) is 5.96 Å². The van der Waals surface area contributed by atoms with Crippen LogP contribution in [-0.2, 0) is 24.1 Å². The van der Waals surface area contributed by atoms with Crippen molar-refractivity contribution in [2.75, 3.05) is 40.4 Å². The molecule has 6 nitrogen and oxygen atoms in total. The van der Waals surface area contributed by atoms with Gasteiger partial charge in [0.25, 0.3) is 0 Å². The predicted molar refractivity (Wildman–Crippen MR) is 91.8 cm³/mol. The van der Waals surface area contributed by atoms with E-state index in [0.717, 1.165) is 51.6 Å². The molecule has 6 heteroatoms. The van der Waals surface area contributed by atoms with Gasteiger partial charge in [-0.15, -0.1) is 0 Å². The van der Waals surface area contributed by atoms with Crippen molar-refractivity contribution in [3.05, 3.63) is 17.7 Å². The predicted octanol–water partition coefficient (Wildman–Crippen LogP) is 1.31. The van der Waals surface area contributed by atoms with Crippen molar-refractivity contribution >= 4 is 5.96 Å². The normalized spacial score (nSPS) is 21.6. The van der Waals surface area contributed by atoms with E-state index in [1.165, 1.54) is 30.8 Å². The number of ether oxygens (including phenoxy) is 1. The maximum absolute atomic E-state index is 5.27. The molecule has 1 aromatic rings. The Balaban J connectivity index is 1.46. The summed E-state index contributed by atoms with van der Waals surface area (Å²) in [5.41, 5.74) is 1.20. The van der Waals surface area contributed by atoms with Crippen LogP contribution in [0.2, 0.25) is 0 Å². The summed E-state index contributed by atoms with van der Waals surface area (Å²) < 4.78 is 7.59. The highest BCUT2D eigenvalue weighted by Crippen LogP contribution is 2.17. The lowest BCUT2D eigenvalue weighted by molar-refractivity contribution is 0.157. The monoisotopic (exact) mass is 319 g/mol. The average Bonchev–Trinajstić information content (AvgIpc) is 3.18. The van der Waals surface area contributed by atoms with E-state index in [0.29, 0.717) is 5.92 Å². The van der Waals surface area contributed by atoms with Crippen LogP contribution < -0.4 is 5.32 Å². The maximum atomic E-state index is 5.27. The number of aliphatic imine (C=N–C) groups is 1. The van der Waals surface area contributed by atoms with Gasteiger partial charge in [-0.05, 0) is 19.3 Å². The van der Waals surface area contributed by atoms with E-state index in [9.17, 15) is 0 Å². The molecule has 1 saturated heterocycles. The van der Waals surface area contributed by atoms with Crippen LogP contribution in [0.3, 0.4) is 0 Å². The number of likely N-dealkylation sites (tertiary alicyclic amines) is 1. The van der Waals surface area contributed by atoms with Crippen LogP contribution in [0.15, 0.2) is 11.2 Å². The summed E-state index contributed by atoms with van der Waals surface area (Å²) in [6.07, 6.45) is 8.05. The summed E-state index contributed by atoms with van der Waals surface area (Å²) in [5.74, 6) is 2.89. The van der Waals surface area contributed by atoms with Crippen molar-refractivity contribution < 1.29 is 4.74 Å². The number of methoxy groups -OCH3 is 1. The van der Waals surface area contributed by atoms with Crippen molar-refractivity contribution in [3.63, 3.8) is 0 Å². The number of imidazole rings is 1. The topological polar surface area (TPSA) is 54.7 Å². The number of guanidine groups is 1. The molecule has 0 bridgehead atoms. The van der Waals surface area contributed by atoms with Crippen molar-refractivity contribution in [2.24, 2.45) is 10.9 Å². The Morgan fingerprint density at radius 1 is 1.43 bits per heavy atom. The molecule has 3 rings (SSSR count). The third kappa shape index (κ3) is 4.05. The van der Waals surface area contributed by atoms with Gasteiger partial charge in [-0.1, -0.05) is 0 Å². The van der Waals surface area contributed by atoms with Gasteiger partial charge in [0, 0.05) is 65.3 Å². The van der Waals surface area contributed by atoms with Crippen LogP contribution in [-0.4, -0.2) is 60.8 Å². The van der Waals surface area contributed by atoms with Gasteiger partial charge in [0.2, 0.25) is 0 Å². The number of aryl methyl sites for hydroxylation is 2. The second-order valence-electron chi connectivity index (χ2n) is 6.58. The van der Waals surface area contributed by atoms with Crippen molar-refractivity contribution in [1.82, 2.24) is 19.8 Å². The molecule has 1 fully saturated rings. The molecular formula is C17H29N5O. The van der Waals surface area contributed by atoms with Crippen LogP contribution in [0.5, 0.6) is 0 Å². The summed E-state index contributed by atoms with van der Waals surface area (Å²) in [6.45, 7) is 4.95. The molecule has 1 unspecified atom stereocenters. The van der Waals surface area contributed by atoms with Crippen LogP contribution in [0, 0.1) is 5.92 Å². The number of hydrogen-bond acceptors (Lipinski definition) is 3. The SMILES string of the molecule is CN=C(NCCc1cn2c(n1)CCCC2)N1CCC(COC)C1. The second kappa shape index (κ2) is 7.81. The summed E-state index contributed by atoms with van der Waals surface area (Å²) in [6, 6.07) is 0. The smallest absolute Gasteiger partial charge is 0.193 e. The fraction of sp³-hybridized carbons (Fsp3) is 0.765. The van der Waals surface area contributed by atoms with E-state index in [1.54, 1.807) is 7.11 Å². The van der Waals surface area contributed by atoms with E-state index in [1.807, 2.05) is 7.05 Å². The number of aromatic nitrogens is 2. The molecule has 2 aliphatic heterocycles. The molecule has 2 aliphatic rings. The zero-order valence-electron chi connectivity index (χ0n) is 14.4. The number of rotatable bonds is 5. The minimum atomic E-state index is 0.624. The zero-order chi connectivity index (χ0) is 16.1. The van der Waals surface area contributed by atoms with Crippen LogP contribution in [0.1, 0.15) is 30.8 Å². The van der Waals surface area contributed by atoms with E-state index in [2.05, 4.69) is 26.0 Å². The summed E-state index contributed by atoms with van der Waals surface area (Å²) in [7, 11) is 3.64. The molecule has 0 saturated carbocycles. The van der Waals surface area contributed by atoms with Gasteiger partial charge >= 0.3 is 0 Å². The largest absolute Gasteiger partial charge is 0.384 e. The molecule has 23 heavy (non-hydrogen) atoms. The quantitative estimate of drug-likeness (QED) is 0.657. The summed E-state index contributed by atoms with van der Waals surface area (Å²) >= 11 is 0. The molecule has 0 aliphatic carbocycles. The Kier molecular flexibility index (Phi) is 5.54. The first-order chi connectivity index (χ1) is 11.3. The first kappa shape index (κ1) is 16.3. The average molecular weight is 319 g/mol. The van der Waals surface area contributed by atoms with Gasteiger partial charge in [-0.2, -0.15) is 0 Å². The third-order valence-electron chi connectivity index (χ3n) is 4.82. The zero-order valence-corrected chi connectivity index (χ0v) is 14.4. The molecule has 0 aromatic carbocycles. The Hall–Kier alpha value is -1.56. The lowest BCUT2D eigenvalue weighted by atomic mass is 10.1. The summed E-state index contributed by atoms with van der Waals surface area (Å²) in [4.78, 5) is 11.5. The van der Waals surface area contributed by atoms with Crippen molar-refractivity contribution in [2.45, 2.75) is 38.6 Å². The molecular weight excluding hydrogens is 290 g/mol. The number of hydrogen-bond donors (Lipinski definition) is 1. The minimum absolute atomic E-state index is 0.624. The van der Waals surface area contributed by atoms with Crippen LogP contribution in [0.4, 0.5) is 0 Å². The van der Waals surface area contributed by atoms with E-state index < -0.39 is 0 Å². The summed E-state index contributed by atoms with van der Waals surface area (Å²) in [5, 5.41) is 3.49. The fourth-order valence-electron chi connectivity index (χ4n) is 3.62. The Bertz CT molecular complexity index is 516. The molecule has 0 spiro atoms. The lowest BCUT2D eigenvalue weighted by Gasteiger charge is -2.21. The molecule has 0 radical (unpaired) electrons. The van der Waals surface area contributed by atoms with Gasteiger partial charge in [0.1, 0.15) is 5.82 Å². The number of nitrogens with zero attached hydrogens (tertiary/aromatic N) is 4. The van der Waals surface area contributed by atoms with E-state index >= 15 is 0 Å². The molecule has 128 valence electrons. The van der Waals surface area contributed by atoms with Gasteiger partial charge in [0.05, 0.1) is 12.3 Å². The van der Waals surface area contributed by atoms with Crippen LogP contribution in [0.25, 0.3) is 0 Å². The molecule has 0 amide bonds. The highest BCUT2D eigenvalue weighted by molar-refractivity contribution is 5.80.